The van der Waals surface area contributed by atoms with Crippen LogP contribution < -0.4 is 20.7 Å². The lowest BCUT2D eigenvalue weighted by molar-refractivity contribution is -0.127. The van der Waals surface area contributed by atoms with Gasteiger partial charge in [-0.3, -0.25) is 9.59 Å². The number of nitrogens with two attached hydrogens (primary N) is 1. The second-order valence-corrected chi connectivity index (χ2v) is 6.88. The highest BCUT2D eigenvalue weighted by Gasteiger charge is 2.36. The van der Waals surface area contributed by atoms with Gasteiger partial charge in [0.15, 0.2) is 0 Å². The second-order valence-electron chi connectivity index (χ2n) is 6.88. The normalized spacial score (nSPS) is 17.8. The van der Waals surface area contributed by atoms with E-state index in [1.807, 2.05) is 31.2 Å². The number of nitrogens with one attached hydrogen (secondary N) is 1. The summed E-state index contributed by atoms with van der Waals surface area (Å²) in [7, 11) is 0. The molecule has 3 N–H and O–H groups in total. The number of rotatable bonds is 8. The number of ether oxygens (including phenoxy) is 1. The van der Waals surface area contributed by atoms with Crippen molar-refractivity contribution in [2.45, 2.75) is 39.7 Å². The summed E-state index contributed by atoms with van der Waals surface area (Å²) >= 11 is 0. The molecule has 1 aromatic rings. The first-order valence-corrected chi connectivity index (χ1v) is 8.98. The number of benzene rings is 1. The van der Waals surface area contributed by atoms with Gasteiger partial charge in [0.2, 0.25) is 11.8 Å². The summed E-state index contributed by atoms with van der Waals surface area (Å²) in [5, 5.41) is 3.00. The molecule has 0 radical (unpaired) electrons. The van der Waals surface area contributed by atoms with Crippen LogP contribution >= 0.6 is 12.4 Å². The van der Waals surface area contributed by atoms with Gasteiger partial charge in [-0.1, -0.05) is 26.0 Å². The zero-order valence-corrected chi connectivity index (χ0v) is 16.6. The van der Waals surface area contributed by atoms with Crippen LogP contribution in [0.3, 0.4) is 0 Å². The van der Waals surface area contributed by atoms with E-state index in [0.29, 0.717) is 31.4 Å². The number of para-hydroxylation sites is 2. The highest BCUT2D eigenvalue weighted by molar-refractivity contribution is 6.01. The Morgan fingerprint density at radius 3 is 2.69 bits per heavy atom. The zero-order valence-electron chi connectivity index (χ0n) is 15.7. The summed E-state index contributed by atoms with van der Waals surface area (Å²) < 4.78 is 5.61. The monoisotopic (exact) mass is 383 g/mol. The van der Waals surface area contributed by atoms with Crippen molar-refractivity contribution in [3.63, 3.8) is 0 Å². The summed E-state index contributed by atoms with van der Waals surface area (Å²) in [6.07, 6.45) is 1.05. The molecule has 0 saturated carbocycles. The van der Waals surface area contributed by atoms with Crippen molar-refractivity contribution in [1.82, 2.24) is 5.32 Å². The molecule has 0 spiro atoms. The molecule has 6 nitrogen and oxygen atoms in total. The van der Waals surface area contributed by atoms with Crippen molar-refractivity contribution in [3.8, 4) is 5.75 Å². The Morgan fingerprint density at radius 1 is 1.38 bits per heavy atom. The third kappa shape index (κ3) is 5.61. The molecule has 0 aliphatic carbocycles. The Balaban J connectivity index is 0.00000338. The summed E-state index contributed by atoms with van der Waals surface area (Å²) in [5.41, 5.74) is 6.48. The van der Waals surface area contributed by atoms with Gasteiger partial charge in [-0.2, -0.15) is 0 Å². The molecule has 2 unspecified atom stereocenters. The molecular weight excluding hydrogens is 354 g/mol. The standard InChI is InChI=1S/C19H29N3O3.ClH/c1-4-25-17-8-6-5-7-16(17)22-12-14(10-18(22)23)19(24)21-15(11-20)9-13(2)3;/h5-8,13-15H,4,9-12,20H2,1-3H3,(H,21,24);1H. The van der Waals surface area contributed by atoms with Gasteiger partial charge in [-0.05, 0) is 31.4 Å². The number of amides is 2. The SMILES string of the molecule is CCOc1ccccc1N1CC(C(=O)NC(CN)CC(C)C)CC1=O.Cl. The molecule has 1 saturated heterocycles. The van der Waals surface area contributed by atoms with Gasteiger partial charge in [0.25, 0.3) is 0 Å². The molecule has 1 aliphatic rings. The minimum absolute atomic E-state index is 0. The number of hydrogen-bond donors (Lipinski definition) is 2. The maximum absolute atomic E-state index is 12.6. The van der Waals surface area contributed by atoms with E-state index >= 15 is 0 Å². The van der Waals surface area contributed by atoms with Crippen molar-refractivity contribution in [2.75, 3.05) is 24.6 Å². The van der Waals surface area contributed by atoms with Gasteiger partial charge in [0.1, 0.15) is 5.75 Å². The molecule has 146 valence electrons. The molecular formula is C19H30ClN3O3. The molecule has 1 heterocycles. The molecule has 1 aliphatic heterocycles. The fourth-order valence-electron chi connectivity index (χ4n) is 3.18. The fourth-order valence-corrected chi connectivity index (χ4v) is 3.18. The minimum Gasteiger partial charge on any atom is -0.492 e. The number of anilines is 1. The van der Waals surface area contributed by atoms with E-state index in [0.717, 1.165) is 12.1 Å². The lowest BCUT2D eigenvalue weighted by Gasteiger charge is -2.22. The molecule has 26 heavy (non-hydrogen) atoms. The van der Waals surface area contributed by atoms with Gasteiger partial charge < -0.3 is 20.7 Å². The zero-order chi connectivity index (χ0) is 18.4. The molecule has 0 aromatic heterocycles. The Kier molecular flexibility index (Phi) is 8.88. The van der Waals surface area contributed by atoms with Crippen molar-refractivity contribution >= 4 is 29.9 Å². The predicted octanol–water partition coefficient (Wildman–Crippen LogP) is 2.35. The number of halogens is 1. The van der Waals surface area contributed by atoms with Crippen LogP contribution in [0.15, 0.2) is 24.3 Å². The Labute approximate surface area is 161 Å². The van der Waals surface area contributed by atoms with Crippen LogP contribution in [0, 0.1) is 11.8 Å². The third-order valence-corrected chi connectivity index (χ3v) is 4.34. The summed E-state index contributed by atoms with van der Waals surface area (Å²) in [4.78, 5) is 26.6. The van der Waals surface area contributed by atoms with Gasteiger partial charge in [0.05, 0.1) is 18.2 Å². The van der Waals surface area contributed by atoms with E-state index in [1.165, 1.54) is 0 Å². The summed E-state index contributed by atoms with van der Waals surface area (Å²) in [5.74, 6) is 0.609. The minimum atomic E-state index is -0.358. The van der Waals surface area contributed by atoms with Gasteiger partial charge in [-0.15, -0.1) is 12.4 Å². The lowest BCUT2D eigenvalue weighted by atomic mass is 10.0. The average Bonchev–Trinajstić information content (AvgIpc) is 2.96. The largest absolute Gasteiger partial charge is 0.492 e. The predicted molar refractivity (Wildman–Crippen MR) is 106 cm³/mol. The molecule has 7 heteroatoms. The van der Waals surface area contributed by atoms with E-state index < -0.39 is 0 Å². The van der Waals surface area contributed by atoms with E-state index in [2.05, 4.69) is 19.2 Å². The van der Waals surface area contributed by atoms with Crippen molar-refractivity contribution < 1.29 is 14.3 Å². The van der Waals surface area contributed by atoms with E-state index in [-0.39, 0.29) is 42.6 Å². The first kappa shape index (κ1) is 22.3. The third-order valence-electron chi connectivity index (χ3n) is 4.34. The van der Waals surface area contributed by atoms with Crippen LogP contribution in [0.1, 0.15) is 33.6 Å². The van der Waals surface area contributed by atoms with Crippen molar-refractivity contribution in [1.29, 1.82) is 0 Å². The van der Waals surface area contributed by atoms with E-state index in [4.69, 9.17) is 10.5 Å². The molecule has 2 atom stereocenters. The van der Waals surface area contributed by atoms with Crippen LogP contribution in [0.2, 0.25) is 0 Å². The Bertz CT molecular complexity index is 609. The van der Waals surface area contributed by atoms with Crippen LogP contribution in [0.5, 0.6) is 5.75 Å². The van der Waals surface area contributed by atoms with Gasteiger partial charge >= 0.3 is 0 Å². The van der Waals surface area contributed by atoms with Crippen LogP contribution in [0.4, 0.5) is 5.69 Å². The molecule has 1 fully saturated rings. The number of carbonyl (C=O) groups is 2. The fraction of sp³-hybridized carbons (Fsp3) is 0.579. The van der Waals surface area contributed by atoms with E-state index in [9.17, 15) is 9.59 Å². The van der Waals surface area contributed by atoms with Gasteiger partial charge in [-0.25, -0.2) is 0 Å². The van der Waals surface area contributed by atoms with Crippen LogP contribution in [-0.4, -0.2) is 37.6 Å². The molecule has 0 bridgehead atoms. The summed E-state index contributed by atoms with van der Waals surface area (Å²) in [6, 6.07) is 7.38. The Hall–Kier alpha value is -1.79. The smallest absolute Gasteiger partial charge is 0.227 e. The summed E-state index contributed by atoms with van der Waals surface area (Å²) in [6.45, 7) is 7.40. The number of hydrogen-bond acceptors (Lipinski definition) is 4. The average molecular weight is 384 g/mol. The molecule has 2 rings (SSSR count). The molecule has 2 amide bonds. The molecule has 1 aromatic carbocycles. The Morgan fingerprint density at radius 2 is 2.08 bits per heavy atom. The maximum atomic E-state index is 12.6. The number of nitrogens with zero attached hydrogens (tertiary/aromatic N) is 1. The van der Waals surface area contributed by atoms with Crippen LogP contribution in [-0.2, 0) is 9.59 Å². The van der Waals surface area contributed by atoms with Crippen molar-refractivity contribution in [2.24, 2.45) is 17.6 Å². The highest BCUT2D eigenvalue weighted by Crippen LogP contribution is 2.33. The van der Waals surface area contributed by atoms with Crippen molar-refractivity contribution in [3.05, 3.63) is 24.3 Å². The van der Waals surface area contributed by atoms with E-state index in [1.54, 1.807) is 4.90 Å². The topological polar surface area (TPSA) is 84.7 Å². The number of carbonyl (C=O) groups excluding carboxylic acids is 2. The quantitative estimate of drug-likeness (QED) is 0.721. The maximum Gasteiger partial charge on any atom is 0.227 e. The van der Waals surface area contributed by atoms with Crippen LogP contribution in [0.25, 0.3) is 0 Å². The first-order chi connectivity index (χ1) is 12.0. The first-order valence-electron chi connectivity index (χ1n) is 8.98. The van der Waals surface area contributed by atoms with Gasteiger partial charge in [0, 0.05) is 25.6 Å². The highest BCUT2D eigenvalue weighted by atomic mass is 35.5. The lowest BCUT2D eigenvalue weighted by Crippen LogP contribution is -2.44. The second kappa shape index (κ2) is 10.4.